The van der Waals surface area contributed by atoms with Crippen LogP contribution in [-0.2, 0) is 0 Å². The van der Waals surface area contributed by atoms with Gasteiger partial charge < -0.3 is 10.2 Å². The van der Waals surface area contributed by atoms with Crippen LogP contribution in [0.2, 0.25) is 0 Å². The number of rotatable bonds is 4. The van der Waals surface area contributed by atoms with Gasteiger partial charge in [-0.15, -0.1) is 0 Å². The molecule has 1 aromatic carbocycles. The number of piperidine rings is 1. The first-order chi connectivity index (χ1) is 8.68. The van der Waals surface area contributed by atoms with E-state index in [9.17, 15) is 0 Å². The highest BCUT2D eigenvalue weighted by atomic mass is 15.1. The van der Waals surface area contributed by atoms with Gasteiger partial charge in [-0.2, -0.15) is 0 Å². The molecule has 0 aliphatic carbocycles. The highest BCUT2D eigenvalue weighted by molar-refractivity contribution is 5.70. The van der Waals surface area contributed by atoms with Gasteiger partial charge in [0.15, 0.2) is 0 Å². The Bertz CT molecular complexity index is 367. The second-order valence-corrected chi connectivity index (χ2v) is 5.74. The lowest BCUT2D eigenvalue weighted by atomic mass is 10.1. The molecule has 1 atom stereocenters. The zero-order valence-electron chi connectivity index (χ0n) is 11.9. The molecular weight excluding hydrogens is 220 g/mol. The van der Waals surface area contributed by atoms with Gasteiger partial charge in [-0.3, -0.25) is 0 Å². The number of para-hydroxylation sites is 2. The molecule has 1 N–H and O–H groups in total. The molecule has 0 radical (unpaired) electrons. The molecule has 1 aliphatic heterocycles. The molecule has 1 aliphatic rings. The van der Waals surface area contributed by atoms with Gasteiger partial charge in [0.1, 0.15) is 0 Å². The molecular formula is C16H26N2. The van der Waals surface area contributed by atoms with Gasteiger partial charge in [0.2, 0.25) is 0 Å². The fraction of sp³-hybridized carbons (Fsp3) is 0.625. The van der Waals surface area contributed by atoms with Crippen molar-refractivity contribution in [1.82, 2.24) is 0 Å². The SMILES string of the molecule is CC(C)C(C)Nc1ccccc1N1CCCCC1. The topological polar surface area (TPSA) is 15.3 Å². The Hall–Kier alpha value is -1.18. The van der Waals surface area contributed by atoms with E-state index in [0.717, 1.165) is 0 Å². The van der Waals surface area contributed by atoms with Crippen molar-refractivity contribution in [2.24, 2.45) is 5.92 Å². The third-order valence-corrected chi connectivity index (χ3v) is 3.98. The van der Waals surface area contributed by atoms with Crippen LogP contribution in [0.1, 0.15) is 40.0 Å². The molecule has 0 bridgehead atoms. The van der Waals surface area contributed by atoms with E-state index < -0.39 is 0 Å². The van der Waals surface area contributed by atoms with Gasteiger partial charge in [0, 0.05) is 19.1 Å². The van der Waals surface area contributed by atoms with Crippen LogP contribution < -0.4 is 10.2 Å². The van der Waals surface area contributed by atoms with E-state index >= 15 is 0 Å². The summed E-state index contributed by atoms with van der Waals surface area (Å²) in [6.07, 6.45) is 4.04. The lowest BCUT2D eigenvalue weighted by Crippen LogP contribution is -2.31. The highest BCUT2D eigenvalue weighted by Crippen LogP contribution is 2.29. The van der Waals surface area contributed by atoms with Gasteiger partial charge in [0.05, 0.1) is 11.4 Å². The van der Waals surface area contributed by atoms with E-state index in [-0.39, 0.29) is 0 Å². The fourth-order valence-electron chi connectivity index (χ4n) is 2.42. The minimum Gasteiger partial charge on any atom is -0.381 e. The van der Waals surface area contributed by atoms with Crippen molar-refractivity contribution >= 4 is 11.4 Å². The Labute approximate surface area is 111 Å². The number of nitrogens with zero attached hydrogens (tertiary/aromatic N) is 1. The minimum atomic E-state index is 0.510. The van der Waals surface area contributed by atoms with E-state index in [0.29, 0.717) is 12.0 Å². The smallest absolute Gasteiger partial charge is 0.0602 e. The summed E-state index contributed by atoms with van der Waals surface area (Å²) in [5, 5.41) is 3.67. The zero-order chi connectivity index (χ0) is 13.0. The van der Waals surface area contributed by atoms with E-state index in [1.165, 1.54) is 43.7 Å². The summed E-state index contributed by atoms with van der Waals surface area (Å²) in [5.41, 5.74) is 2.67. The molecule has 0 aromatic heterocycles. The predicted molar refractivity (Wildman–Crippen MR) is 80.4 cm³/mol. The molecule has 2 nitrogen and oxygen atoms in total. The Morgan fingerprint density at radius 1 is 1.00 bits per heavy atom. The van der Waals surface area contributed by atoms with E-state index in [1.54, 1.807) is 0 Å². The van der Waals surface area contributed by atoms with Crippen molar-refractivity contribution in [3.63, 3.8) is 0 Å². The quantitative estimate of drug-likeness (QED) is 0.859. The molecule has 1 heterocycles. The zero-order valence-corrected chi connectivity index (χ0v) is 11.9. The van der Waals surface area contributed by atoms with Crippen LogP contribution >= 0.6 is 0 Å². The van der Waals surface area contributed by atoms with Gasteiger partial charge in [-0.05, 0) is 44.2 Å². The van der Waals surface area contributed by atoms with Crippen LogP contribution in [-0.4, -0.2) is 19.1 Å². The molecule has 1 saturated heterocycles. The number of nitrogens with one attached hydrogen (secondary N) is 1. The first-order valence-electron chi connectivity index (χ1n) is 7.29. The maximum atomic E-state index is 3.67. The maximum Gasteiger partial charge on any atom is 0.0602 e. The number of benzene rings is 1. The molecule has 1 unspecified atom stereocenters. The first kappa shape index (κ1) is 13.3. The molecule has 2 rings (SSSR count). The van der Waals surface area contributed by atoms with Crippen LogP contribution in [0.4, 0.5) is 11.4 Å². The summed E-state index contributed by atoms with van der Waals surface area (Å²) in [6, 6.07) is 9.25. The van der Waals surface area contributed by atoms with Crippen molar-refractivity contribution in [1.29, 1.82) is 0 Å². The Balaban J connectivity index is 2.14. The standard InChI is InChI=1S/C16H26N2/c1-13(2)14(3)17-15-9-5-6-10-16(15)18-11-7-4-8-12-18/h5-6,9-10,13-14,17H,4,7-8,11-12H2,1-3H3. The lowest BCUT2D eigenvalue weighted by molar-refractivity contribution is 0.557. The van der Waals surface area contributed by atoms with E-state index in [4.69, 9.17) is 0 Å². The van der Waals surface area contributed by atoms with Crippen LogP contribution in [0.3, 0.4) is 0 Å². The van der Waals surface area contributed by atoms with Crippen molar-refractivity contribution < 1.29 is 0 Å². The predicted octanol–water partition coefficient (Wildman–Crippen LogP) is 4.13. The molecule has 1 aromatic rings. The van der Waals surface area contributed by atoms with Gasteiger partial charge in [0.25, 0.3) is 0 Å². The third-order valence-electron chi connectivity index (χ3n) is 3.98. The molecule has 2 heteroatoms. The Kier molecular flexibility index (Phi) is 4.51. The largest absolute Gasteiger partial charge is 0.381 e. The average Bonchev–Trinajstić information content (AvgIpc) is 2.40. The number of hydrogen-bond donors (Lipinski definition) is 1. The third kappa shape index (κ3) is 3.18. The maximum absolute atomic E-state index is 3.67. The van der Waals surface area contributed by atoms with Gasteiger partial charge in [-0.25, -0.2) is 0 Å². The average molecular weight is 246 g/mol. The molecule has 0 spiro atoms. The fourth-order valence-corrected chi connectivity index (χ4v) is 2.42. The monoisotopic (exact) mass is 246 g/mol. The van der Waals surface area contributed by atoms with Crippen LogP contribution in [0.5, 0.6) is 0 Å². The number of anilines is 2. The summed E-state index contributed by atoms with van der Waals surface area (Å²) < 4.78 is 0. The van der Waals surface area contributed by atoms with Crippen LogP contribution in [0, 0.1) is 5.92 Å². The van der Waals surface area contributed by atoms with Gasteiger partial charge in [-0.1, -0.05) is 26.0 Å². The second kappa shape index (κ2) is 6.12. The highest BCUT2D eigenvalue weighted by Gasteiger charge is 2.15. The summed E-state index contributed by atoms with van der Waals surface area (Å²) >= 11 is 0. The molecule has 0 amide bonds. The lowest BCUT2D eigenvalue weighted by Gasteiger charge is -2.32. The normalized spacial score (nSPS) is 17.9. The Morgan fingerprint density at radius 2 is 1.67 bits per heavy atom. The number of hydrogen-bond acceptors (Lipinski definition) is 2. The first-order valence-corrected chi connectivity index (χ1v) is 7.29. The summed E-state index contributed by atoms with van der Waals surface area (Å²) in [7, 11) is 0. The summed E-state index contributed by atoms with van der Waals surface area (Å²) in [5.74, 6) is 0.652. The van der Waals surface area contributed by atoms with E-state index in [2.05, 4.69) is 55.3 Å². The second-order valence-electron chi connectivity index (χ2n) is 5.74. The van der Waals surface area contributed by atoms with Crippen molar-refractivity contribution in [3.05, 3.63) is 24.3 Å². The summed E-state index contributed by atoms with van der Waals surface area (Å²) in [6.45, 7) is 9.20. The van der Waals surface area contributed by atoms with Crippen LogP contribution in [0.25, 0.3) is 0 Å². The minimum absolute atomic E-state index is 0.510. The molecule has 0 saturated carbocycles. The summed E-state index contributed by atoms with van der Waals surface area (Å²) in [4.78, 5) is 2.53. The van der Waals surface area contributed by atoms with Crippen LogP contribution in [0.15, 0.2) is 24.3 Å². The van der Waals surface area contributed by atoms with Crippen molar-refractivity contribution in [2.45, 2.75) is 46.1 Å². The van der Waals surface area contributed by atoms with Crippen molar-refractivity contribution in [2.75, 3.05) is 23.3 Å². The van der Waals surface area contributed by atoms with E-state index in [1.807, 2.05) is 0 Å². The molecule has 1 fully saturated rings. The molecule has 100 valence electrons. The Morgan fingerprint density at radius 3 is 2.33 bits per heavy atom. The van der Waals surface area contributed by atoms with Gasteiger partial charge >= 0.3 is 0 Å². The van der Waals surface area contributed by atoms with Crippen molar-refractivity contribution in [3.8, 4) is 0 Å². The molecule has 18 heavy (non-hydrogen) atoms.